The Balaban J connectivity index is 2.54. The first-order valence-corrected chi connectivity index (χ1v) is 8.58. The van der Waals surface area contributed by atoms with E-state index in [0.717, 1.165) is 5.56 Å². The minimum Gasteiger partial charge on any atom is -0.398 e. The van der Waals surface area contributed by atoms with Gasteiger partial charge in [-0.1, -0.05) is 12.1 Å². The molecule has 0 aliphatic rings. The summed E-state index contributed by atoms with van der Waals surface area (Å²) in [6, 6.07) is 10.6. The largest absolute Gasteiger partial charge is 0.398 e. The first kappa shape index (κ1) is 15.9. The van der Waals surface area contributed by atoms with Crippen LogP contribution in [-0.2, 0) is 10.0 Å². The first-order valence-electron chi connectivity index (χ1n) is 6.34. The second kappa shape index (κ2) is 5.69. The molecule has 21 heavy (non-hydrogen) atoms. The smallest absolute Gasteiger partial charge is 0.264 e. The van der Waals surface area contributed by atoms with Crippen molar-refractivity contribution in [1.82, 2.24) is 0 Å². The molecule has 6 heteroatoms. The summed E-state index contributed by atoms with van der Waals surface area (Å²) in [6.07, 6.45) is 0. The minimum absolute atomic E-state index is 0.215. The van der Waals surface area contributed by atoms with Gasteiger partial charge >= 0.3 is 0 Å². The van der Waals surface area contributed by atoms with Gasteiger partial charge in [0, 0.05) is 17.2 Å². The van der Waals surface area contributed by atoms with Crippen molar-refractivity contribution in [2.24, 2.45) is 0 Å². The number of nitrogen functional groups attached to an aromatic ring is 1. The van der Waals surface area contributed by atoms with Gasteiger partial charge in [0.05, 0.1) is 10.6 Å². The summed E-state index contributed by atoms with van der Waals surface area (Å²) < 4.78 is 27.5. The fourth-order valence-electron chi connectivity index (χ4n) is 2.06. The van der Waals surface area contributed by atoms with E-state index in [1.165, 1.54) is 10.4 Å². The van der Waals surface area contributed by atoms with Gasteiger partial charge in [0.15, 0.2) is 0 Å². The van der Waals surface area contributed by atoms with Gasteiger partial charge in [-0.2, -0.15) is 0 Å². The highest BCUT2D eigenvalue weighted by Gasteiger charge is 2.24. The van der Waals surface area contributed by atoms with E-state index in [1.807, 2.05) is 25.1 Å². The van der Waals surface area contributed by atoms with E-state index in [4.69, 9.17) is 5.73 Å². The molecule has 0 heterocycles. The van der Waals surface area contributed by atoms with E-state index in [0.29, 0.717) is 21.4 Å². The Bertz CT molecular complexity index is 788. The van der Waals surface area contributed by atoms with Gasteiger partial charge < -0.3 is 5.73 Å². The van der Waals surface area contributed by atoms with E-state index in [9.17, 15) is 8.42 Å². The van der Waals surface area contributed by atoms with Crippen LogP contribution in [0.4, 0.5) is 11.4 Å². The molecule has 0 aliphatic carbocycles. The first-order chi connectivity index (χ1) is 9.73. The maximum atomic E-state index is 12.8. The molecule has 2 aromatic rings. The van der Waals surface area contributed by atoms with E-state index in [1.54, 1.807) is 26.1 Å². The Morgan fingerprint density at radius 3 is 2.43 bits per heavy atom. The molecule has 0 radical (unpaired) electrons. The van der Waals surface area contributed by atoms with Crippen LogP contribution in [-0.4, -0.2) is 15.5 Å². The summed E-state index contributed by atoms with van der Waals surface area (Å²) in [5.41, 5.74) is 8.49. The van der Waals surface area contributed by atoms with Crippen molar-refractivity contribution in [3.63, 3.8) is 0 Å². The Kier molecular flexibility index (Phi) is 4.30. The van der Waals surface area contributed by atoms with Gasteiger partial charge in [-0.25, -0.2) is 8.42 Å². The lowest BCUT2D eigenvalue weighted by atomic mass is 10.2. The molecule has 4 nitrogen and oxygen atoms in total. The lowest BCUT2D eigenvalue weighted by molar-refractivity contribution is 0.594. The molecule has 0 fully saturated rings. The fourth-order valence-corrected chi connectivity index (χ4v) is 3.94. The SMILES string of the molecule is Cc1cccc(N(C)S(=O)(=O)c2cc(N)c(Br)cc2C)c1. The molecule has 0 amide bonds. The lowest BCUT2D eigenvalue weighted by Crippen LogP contribution is -2.27. The Morgan fingerprint density at radius 2 is 1.81 bits per heavy atom. The standard InChI is InChI=1S/C15H17BrN2O2S/c1-10-5-4-6-12(7-10)18(3)21(19,20)15-9-14(17)13(16)8-11(15)2/h4-9H,17H2,1-3H3. The van der Waals surface area contributed by atoms with Crippen molar-refractivity contribution in [3.8, 4) is 0 Å². The predicted octanol–water partition coefficient (Wildman–Crippen LogP) is 3.47. The molecule has 0 aromatic heterocycles. The molecule has 0 unspecified atom stereocenters. The third-order valence-corrected chi connectivity index (χ3v) is 5.91. The Labute approximate surface area is 133 Å². The molecule has 0 saturated carbocycles. The number of nitrogens with two attached hydrogens (primary N) is 1. The zero-order valence-electron chi connectivity index (χ0n) is 12.1. The number of aryl methyl sites for hydroxylation is 2. The number of anilines is 2. The van der Waals surface area contributed by atoms with Crippen LogP contribution >= 0.6 is 15.9 Å². The summed E-state index contributed by atoms with van der Waals surface area (Å²) >= 11 is 3.30. The molecule has 0 aliphatic heterocycles. The predicted molar refractivity (Wildman–Crippen MR) is 90.1 cm³/mol. The van der Waals surface area contributed by atoms with Crippen LogP contribution in [0.15, 0.2) is 45.8 Å². The van der Waals surface area contributed by atoms with Crippen molar-refractivity contribution in [2.75, 3.05) is 17.1 Å². The number of sulfonamides is 1. The monoisotopic (exact) mass is 368 g/mol. The van der Waals surface area contributed by atoms with Gasteiger partial charge in [0.25, 0.3) is 10.0 Å². The highest BCUT2D eigenvalue weighted by Crippen LogP contribution is 2.30. The zero-order chi connectivity index (χ0) is 15.8. The maximum Gasteiger partial charge on any atom is 0.264 e. The van der Waals surface area contributed by atoms with Crippen LogP contribution in [0.25, 0.3) is 0 Å². The summed E-state index contributed by atoms with van der Waals surface area (Å²) in [5, 5.41) is 0. The molecule has 0 atom stereocenters. The van der Waals surface area contributed by atoms with Gasteiger partial charge in [-0.15, -0.1) is 0 Å². The highest BCUT2D eigenvalue weighted by molar-refractivity contribution is 9.10. The molecule has 2 N–H and O–H groups in total. The topological polar surface area (TPSA) is 63.4 Å². The molecule has 112 valence electrons. The quantitative estimate of drug-likeness (QED) is 0.843. The Morgan fingerprint density at radius 1 is 1.14 bits per heavy atom. The van der Waals surface area contributed by atoms with Crippen molar-refractivity contribution < 1.29 is 8.42 Å². The van der Waals surface area contributed by atoms with Gasteiger partial charge in [-0.3, -0.25) is 4.31 Å². The van der Waals surface area contributed by atoms with Crippen LogP contribution in [0, 0.1) is 13.8 Å². The summed E-state index contributed by atoms with van der Waals surface area (Å²) in [7, 11) is -2.10. The number of benzene rings is 2. The van der Waals surface area contributed by atoms with Crippen molar-refractivity contribution in [2.45, 2.75) is 18.7 Å². The minimum atomic E-state index is -3.65. The third kappa shape index (κ3) is 3.06. The van der Waals surface area contributed by atoms with E-state index in [2.05, 4.69) is 15.9 Å². The Hall–Kier alpha value is -1.53. The van der Waals surface area contributed by atoms with Gasteiger partial charge in [-0.05, 0) is 65.2 Å². The van der Waals surface area contributed by atoms with Crippen LogP contribution in [0.1, 0.15) is 11.1 Å². The van der Waals surface area contributed by atoms with E-state index >= 15 is 0 Å². The highest BCUT2D eigenvalue weighted by atomic mass is 79.9. The van der Waals surface area contributed by atoms with Crippen LogP contribution in [0.5, 0.6) is 0 Å². The van der Waals surface area contributed by atoms with Crippen LogP contribution < -0.4 is 10.0 Å². The molecular weight excluding hydrogens is 352 g/mol. The summed E-state index contributed by atoms with van der Waals surface area (Å²) in [5.74, 6) is 0. The maximum absolute atomic E-state index is 12.8. The molecule has 2 aromatic carbocycles. The number of rotatable bonds is 3. The summed E-state index contributed by atoms with van der Waals surface area (Å²) in [4.78, 5) is 0.215. The van der Waals surface area contributed by atoms with E-state index in [-0.39, 0.29) is 4.90 Å². The normalized spacial score (nSPS) is 11.4. The van der Waals surface area contributed by atoms with Crippen molar-refractivity contribution in [3.05, 3.63) is 52.0 Å². The molecule has 0 bridgehead atoms. The second-order valence-electron chi connectivity index (χ2n) is 4.95. The second-order valence-corrected chi connectivity index (χ2v) is 7.74. The average Bonchev–Trinajstić information content (AvgIpc) is 2.41. The van der Waals surface area contributed by atoms with Crippen LogP contribution in [0.2, 0.25) is 0 Å². The number of nitrogens with zero attached hydrogens (tertiary/aromatic N) is 1. The van der Waals surface area contributed by atoms with Crippen LogP contribution in [0.3, 0.4) is 0 Å². The molecular formula is C15H17BrN2O2S. The molecule has 0 saturated heterocycles. The molecule has 0 spiro atoms. The fraction of sp³-hybridized carbons (Fsp3) is 0.200. The number of halogens is 1. The number of hydrogen-bond acceptors (Lipinski definition) is 3. The molecule has 2 rings (SSSR count). The average molecular weight is 369 g/mol. The zero-order valence-corrected chi connectivity index (χ0v) is 14.5. The lowest BCUT2D eigenvalue weighted by Gasteiger charge is -2.21. The van der Waals surface area contributed by atoms with Crippen molar-refractivity contribution in [1.29, 1.82) is 0 Å². The summed E-state index contributed by atoms with van der Waals surface area (Å²) in [6.45, 7) is 3.67. The van der Waals surface area contributed by atoms with Gasteiger partial charge in [0.2, 0.25) is 0 Å². The number of hydrogen-bond donors (Lipinski definition) is 1. The third-order valence-electron chi connectivity index (χ3n) is 3.30. The van der Waals surface area contributed by atoms with Crippen molar-refractivity contribution >= 4 is 37.3 Å². The van der Waals surface area contributed by atoms with Gasteiger partial charge in [0.1, 0.15) is 0 Å². The van der Waals surface area contributed by atoms with E-state index < -0.39 is 10.0 Å².